The minimum absolute atomic E-state index is 0.00804. The van der Waals surface area contributed by atoms with E-state index >= 15 is 0 Å². The molecule has 102 valence electrons. The molecule has 0 radical (unpaired) electrons. The molecule has 0 aliphatic heterocycles. The maximum Gasteiger partial charge on any atom is 0.242 e. The molecule has 1 heterocycles. The largest absolute Gasteiger partial charge is 0.338 e. The molecule has 0 aliphatic rings. The van der Waals surface area contributed by atoms with Crippen LogP contribution in [0.2, 0.25) is 5.02 Å². The van der Waals surface area contributed by atoms with Gasteiger partial charge in [-0.1, -0.05) is 22.8 Å². The third-order valence-corrected chi connectivity index (χ3v) is 4.55. The van der Waals surface area contributed by atoms with Crippen molar-refractivity contribution >= 4 is 22.4 Å². The Bertz CT molecular complexity index is 597. The van der Waals surface area contributed by atoms with Gasteiger partial charge in [0.2, 0.25) is 5.89 Å². The van der Waals surface area contributed by atoms with Crippen LogP contribution in [0.3, 0.4) is 0 Å². The van der Waals surface area contributed by atoms with E-state index in [0.29, 0.717) is 5.82 Å². The Morgan fingerprint density at radius 2 is 2.26 bits per heavy atom. The number of benzene rings is 1. The Kier molecular flexibility index (Phi) is 4.31. The van der Waals surface area contributed by atoms with Crippen molar-refractivity contribution in [3.05, 3.63) is 46.3 Å². The van der Waals surface area contributed by atoms with E-state index in [4.69, 9.17) is 16.1 Å². The second-order valence-corrected chi connectivity index (χ2v) is 6.21. The van der Waals surface area contributed by atoms with Crippen LogP contribution in [0, 0.1) is 12.7 Å². The van der Waals surface area contributed by atoms with Gasteiger partial charge in [0.25, 0.3) is 0 Å². The zero-order valence-corrected chi connectivity index (χ0v) is 12.0. The number of aromatic nitrogens is 2. The van der Waals surface area contributed by atoms with Crippen LogP contribution in [-0.4, -0.2) is 14.3 Å². The monoisotopic (exact) mass is 302 g/mol. The van der Waals surface area contributed by atoms with Crippen molar-refractivity contribution in [2.24, 2.45) is 0 Å². The minimum atomic E-state index is -1.39. The van der Waals surface area contributed by atoms with Crippen molar-refractivity contribution in [1.82, 2.24) is 10.1 Å². The molecule has 19 heavy (non-hydrogen) atoms. The number of nitrogens with zero attached hydrogens (tertiary/aromatic N) is 2. The van der Waals surface area contributed by atoms with E-state index in [0.717, 1.165) is 0 Å². The zero-order chi connectivity index (χ0) is 14.0. The van der Waals surface area contributed by atoms with Crippen LogP contribution in [0.1, 0.15) is 29.5 Å². The molecule has 2 atom stereocenters. The summed E-state index contributed by atoms with van der Waals surface area (Å²) in [5.41, 5.74) is 0.241. The summed E-state index contributed by atoms with van der Waals surface area (Å²) in [5.74, 6) is 0.300. The summed E-state index contributed by atoms with van der Waals surface area (Å²) in [6, 6.07) is 4.37. The van der Waals surface area contributed by atoms with E-state index in [1.165, 1.54) is 12.1 Å². The highest BCUT2D eigenvalue weighted by atomic mass is 35.5. The topological polar surface area (TPSA) is 56.0 Å². The highest BCUT2D eigenvalue weighted by molar-refractivity contribution is 7.84. The van der Waals surface area contributed by atoms with Gasteiger partial charge < -0.3 is 4.52 Å². The zero-order valence-electron chi connectivity index (χ0n) is 10.4. The lowest BCUT2D eigenvalue weighted by molar-refractivity contribution is 0.375. The highest BCUT2D eigenvalue weighted by Gasteiger charge is 2.22. The van der Waals surface area contributed by atoms with Gasteiger partial charge in [-0.2, -0.15) is 4.98 Å². The number of hydrogen-bond donors (Lipinski definition) is 0. The Balaban J connectivity index is 2.17. The molecule has 0 aliphatic carbocycles. The van der Waals surface area contributed by atoms with Gasteiger partial charge in [-0.15, -0.1) is 0 Å². The van der Waals surface area contributed by atoms with Crippen molar-refractivity contribution in [2.75, 3.05) is 0 Å². The summed E-state index contributed by atoms with van der Waals surface area (Å²) >= 11 is 5.90. The van der Waals surface area contributed by atoms with Gasteiger partial charge in [0.1, 0.15) is 11.1 Å². The van der Waals surface area contributed by atoms with Gasteiger partial charge >= 0.3 is 0 Å². The lowest BCUT2D eigenvalue weighted by Gasteiger charge is -2.09. The predicted molar refractivity (Wildman–Crippen MR) is 70.7 cm³/mol. The summed E-state index contributed by atoms with van der Waals surface area (Å²) in [6.07, 6.45) is 0. The lowest BCUT2D eigenvalue weighted by atomic mass is 10.2. The van der Waals surface area contributed by atoms with Crippen LogP contribution in [0.4, 0.5) is 4.39 Å². The molecule has 0 bridgehead atoms. The van der Waals surface area contributed by atoms with Crippen LogP contribution in [0.25, 0.3) is 0 Å². The Hall–Kier alpha value is -1.27. The lowest BCUT2D eigenvalue weighted by Crippen LogP contribution is -2.07. The number of halogens is 2. The molecule has 2 rings (SSSR count). The summed E-state index contributed by atoms with van der Waals surface area (Å²) in [5, 5.41) is 3.43. The van der Waals surface area contributed by atoms with Crippen LogP contribution in [-0.2, 0) is 16.6 Å². The molecule has 0 amide bonds. The van der Waals surface area contributed by atoms with Crippen molar-refractivity contribution in [2.45, 2.75) is 24.9 Å². The first-order valence-corrected chi connectivity index (χ1v) is 7.35. The summed E-state index contributed by atoms with van der Waals surface area (Å²) in [6.45, 7) is 3.37. The fraction of sp³-hybridized carbons (Fsp3) is 0.333. The first-order chi connectivity index (χ1) is 8.99. The van der Waals surface area contributed by atoms with E-state index in [9.17, 15) is 8.60 Å². The molecule has 0 saturated carbocycles. The predicted octanol–water partition coefficient (Wildman–Crippen LogP) is 3.18. The van der Waals surface area contributed by atoms with Gasteiger partial charge in [-0.3, -0.25) is 4.21 Å². The van der Waals surface area contributed by atoms with Gasteiger partial charge in [-0.05, 0) is 26.0 Å². The molecule has 0 fully saturated rings. The molecule has 2 aromatic rings. The molecular weight excluding hydrogens is 291 g/mol. The maximum atomic E-state index is 13.6. The van der Waals surface area contributed by atoms with Gasteiger partial charge in [-0.25, -0.2) is 4.39 Å². The second kappa shape index (κ2) is 5.79. The molecule has 0 spiro atoms. The van der Waals surface area contributed by atoms with Crippen molar-refractivity contribution in [3.63, 3.8) is 0 Å². The van der Waals surface area contributed by atoms with E-state index < -0.39 is 21.9 Å². The quantitative estimate of drug-likeness (QED) is 0.870. The normalized spacial score (nSPS) is 14.3. The van der Waals surface area contributed by atoms with Crippen LogP contribution < -0.4 is 0 Å². The summed E-state index contributed by atoms with van der Waals surface area (Å²) in [4.78, 5) is 4.02. The first-order valence-electron chi connectivity index (χ1n) is 5.59. The van der Waals surface area contributed by atoms with Crippen LogP contribution in [0.15, 0.2) is 22.7 Å². The SMILES string of the molecule is Cc1noc([C@H](C)[S@](=O)Cc2c(F)cccc2Cl)n1. The number of rotatable bonds is 4. The fourth-order valence-corrected chi connectivity index (χ4v) is 2.99. The molecule has 1 aromatic carbocycles. The summed E-state index contributed by atoms with van der Waals surface area (Å²) < 4.78 is 30.8. The molecule has 0 saturated heterocycles. The van der Waals surface area contributed by atoms with E-state index in [1.54, 1.807) is 19.9 Å². The van der Waals surface area contributed by atoms with Crippen LogP contribution >= 0.6 is 11.6 Å². The van der Waals surface area contributed by atoms with Crippen LogP contribution in [0.5, 0.6) is 0 Å². The minimum Gasteiger partial charge on any atom is -0.338 e. The van der Waals surface area contributed by atoms with E-state index in [2.05, 4.69) is 10.1 Å². The summed E-state index contributed by atoms with van der Waals surface area (Å²) in [7, 11) is -1.39. The standard InChI is InChI=1S/C12H12ClFN2O2S/c1-7(12-15-8(2)16-18-12)19(17)6-9-10(13)4-3-5-11(9)14/h3-5,7H,6H2,1-2H3/t7-,19+/m0/s1. The third-order valence-electron chi connectivity index (χ3n) is 2.63. The molecule has 0 N–H and O–H groups in total. The van der Waals surface area contributed by atoms with Crippen molar-refractivity contribution in [1.29, 1.82) is 0 Å². The van der Waals surface area contributed by atoms with E-state index in [1.807, 2.05) is 0 Å². The number of aryl methyl sites for hydroxylation is 1. The highest BCUT2D eigenvalue weighted by Crippen LogP contribution is 2.25. The third kappa shape index (κ3) is 3.19. The van der Waals surface area contributed by atoms with Crippen molar-refractivity contribution < 1.29 is 13.1 Å². The maximum absolute atomic E-state index is 13.6. The second-order valence-electron chi connectivity index (χ2n) is 4.05. The smallest absolute Gasteiger partial charge is 0.242 e. The Labute approximate surface area is 117 Å². The molecule has 1 aromatic heterocycles. The van der Waals surface area contributed by atoms with Gasteiger partial charge in [0.15, 0.2) is 5.82 Å². The number of hydrogen-bond acceptors (Lipinski definition) is 4. The Morgan fingerprint density at radius 3 is 2.84 bits per heavy atom. The molecule has 4 nitrogen and oxygen atoms in total. The van der Waals surface area contributed by atoms with Gasteiger partial charge in [0.05, 0.1) is 5.75 Å². The van der Waals surface area contributed by atoms with E-state index in [-0.39, 0.29) is 22.2 Å². The van der Waals surface area contributed by atoms with Gasteiger partial charge in [0, 0.05) is 21.4 Å². The average molecular weight is 303 g/mol. The Morgan fingerprint density at radius 1 is 1.53 bits per heavy atom. The molecular formula is C12H12ClFN2O2S. The first kappa shape index (κ1) is 14.1. The molecule has 7 heteroatoms. The molecule has 0 unspecified atom stereocenters. The fourth-order valence-electron chi connectivity index (χ4n) is 1.53. The van der Waals surface area contributed by atoms with Crippen molar-refractivity contribution in [3.8, 4) is 0 Å². The average Bonchev–Trinajstić information content (AvgIpc) is 2.79.